The maximum Gasteiger partial charge on any atom is 0.309 e. The SMILES string of the molecule is O=C(OCc1ccc(COC(=O)C2CCC3OC3C2)cc1)C1CCC2OC2C1. The molecule has 28 heavy (non-hydrogen) atoms. The van der Waals surface area contributed by atoms with E-state index in [1.807, 2.05) is 24.3 Å². The number of hydrogen-bond donors (Lipinski definition) is 0. The largest absolute Gasteiger partial charge is 0.461 e. The number of benzene rings is 1. The minimum atomic E-state index is -0.124. The molecule has 2 saturated heterocycles. The molecular weight excluding hydrogens is 360 g/mol. The van der Waals surface area contributed by atoms with Crippen molar-refractivity contribution in [2.45, 2.75) is 76.2 Å². The molecule has 0 bridgehead atoms. The van der Waals surface area contributed by atoms with Gasteiger partial charge in [-0.15, -0.1) is 0 Å². The van der Waals surface area contributed by atoms with Crippen LogP contribution in [0.15, 0.2) is 24.3 Å². The molecule has 0 aromatic heterocycles. The standard InChI is InChI=1S/C22H26O6/c23-21(15-5-7-17-19(9-15)27-17)25-11-13-1-2-14(4-3-13)12-26-22(24)16-6-8-18-20(10-16)28-18/h1-4,15-20H,5-12H2. The van der Waals surface area contributed by atoms with E-state index in [-0.39, 0.29) is 49.2 Å². The van der Waals surface area contributed by atoms with Crippen molar-refractivity contribution < 1.29 is 28.5 Å². The molecule has 1 aromatic carbocycles. The van der Waals surface area contributed by atoms with Crippen molar-refractivity contribution in [2.75, 3.05) is 0 Å². The lowest BCUT2D eigenvalue weighted by Gasteiger charge is -2.18. The molecule has 0 spiro atoms. The van der Waals surface area contributed by atoms with Gasteiger partial charge in [-0.25, -0.2) is 0 Å². The van der Waals surface area contributed by atoms with Crippen molar-refractivity contribution in [1.29, 1.82) is 0 Å². The molecule has 0 amide bonds. The Bertz CT molecular complexity index is 681. The van der Waals surface area contributed by atoms with Gasteiger partial charge in [0.15, 0.2) is 0 Å². The summed E-state index contributed by atoms with van der Waals surface area (Å²) in [6.45, 7) is 0.546. The van der Waals surface area contributed by atoms with Gasteiger partial charge >= 0.3 is 11.9 Å². The van der Waals surface area contributed by atoms with Crippen LogP contribution in [0.1, 0.15) is 49.7 Å². The Kier molecular flexibility index (Phi) is 4.85. The first kappa shape index (κ1) is 18.1. The summed E-state index contributed by atoms with van der Waals surface area (Å²) in [4.78, 5) is 24.4. The molecule has 0 N–H and O–H groups in total. The maximum atomic E-state index is 12.2. The van der Waals surface area contributed by atoms with Crippen LogP contribution in [0.3, 0.4) is 0 Å². The van der Waals surface area contributed by atoms with Gasteiger partial charge in [-0.3, -0.25) is 9.59 Å². The van der Waals surface area contributed by atoms with Crippen LogP contribution in [0.2, 0.25) is 0 Å². The van der Waals surface area contributed by atoms with Crippen molar-refractivity contribution in [3.63, 3.8) is 0 Å². The van der Waals surface area contributed by atoms with Crippen LogP contribution in [0.5, 0.6) is 0 Å². The molecule has 6 atom stereocenters. The van der Waals surface area contributed by atoms with Crippen LogP contribution in [-0.2, 0) is 41.8 Å². The molecule has 150 valence electrons. The summed E-state index contributed by atoms with van der Waals surface area (Å²) in [7, 11) is 0. The third-order valence-electron chi connectivity index (χ3n) is 6.46. The maximum absolute atomic E-state index is 12.2. The summed E-state index contributed by atoms with van der Waals surface area (Å²) in [6, 6.07) is 7.67. The van der Waals surface area contributed by atoms with Gasteiger partial charge in [0.05, 0.1) is 36.3 Å². The number of rotatable bonds is 6. The van der Waals surface area contributed by atoms with E-state index in [4.69, 9.17) is 18.9 Å². The third kappa shape index (κ3) is 4.08. The first-order valence-corrected chi connectivity index (χ1v) is 10.4. The summed E-state index contributed by atoms with van der Waals surface area (Å²) in [5.74, 6) is -0.306. The van der Waals surface area contributed by atoms with Gasteiger partial charge in [-0.05, 0) is 49.7 Å². The minimum Gasteiger partial charge on any atom is -0.461 e. The van der Waals surface area contributed by atoms with E-state index in [9.17, 15) is 9.59 Å². The molecule has 2 saturated carbocycles. The Hall–Kier alpha value is -1.92. The van der Waals surface area contributed by atoms with E-state index in [1.54, 1.807) is 0 Å². The van der Waals surface area contributed by atoms with Gasteiger partial charge in [0.2, 0.25) is 0 Å². The average molecular weight is 386 g/mol. The number of hydrogen-bond acceptors (Lipinski definition) is 6. The van der Waals surface area contributed by atoms with E-state index in [1.165, 1.54) is 0 Å². The minimum absolute atomic E-state index is 0.0291. The molecule has 4 fully saturated rings. The fourth-order valence-corrected chi connectivity index (χ4v) is 4.51. The average Bonchev–Trinajstić information content (AvgIpc) is 3.63. The molecule has 6 heteroatoms. The van der Waals surface area contributed by atoms with Crippen LogP contribution in [0, 0.1) is 11.8 Å². The normalized spacial score (nSPS) is 35.3. The molecule has 6 nitrogen and oxygen atoms in total. The lowest BCUT2D eigenvalue weighted by molar-refractivity contribution is -0.151. The predicted octanol–water partition coefficient (Wildman–Crippen LogP) is 2.91. The first-order chi connectivity index (χ1) is 13.7. The quantitative estimate of drug-likeness (QED) is 0.553. The zero-order valence-electron chi connectivity index (χ0n) is 15.9. The molecule has 4 aliphatic rings. The molecule has 0 radical (unpaired) electrons. The number of ether oxygens (including phenoxy) is 4. The summed E-state index contributed by atoms with van der Waals surface area (Å²) < 4.78 is 21.9. The second-order valence-corrected chi connectivity index (χ2v) is 8.48. The van der Waals surface area contributed by atoms with Crippen LogP contribution in [0.25, 0.3) is 0 Å². The van der Waals surface area contributed by atoms with E-state index in [2.05, 4.69) is 0 Å². The highest BCUT2D eigenvalue weighted by molar-refractivity contribution is 5.73. The van der Waals surface area contributed by atoms with Crippen molar-refractivity contribution in [3.8, 4) is 0 Å². The predicted molar refractivity (Wildman–Crippen MR) is 98.0 cm³/mol. The molecule has 2 aliphatic heterocycles. The van der Waals surface area contributed by atoms with Crippen molar-refractivity contribution in [3.05, 3.63) is 35.4 Å². The van der Waals surface area contributed by atoms with Gasteiger partial charge < -0.3 is 18.9 Å². The smallest absolute Gasteiger partial charge is 0.309 e. The van der Waals surface area contributed by atoms with Crippen LogP contribution < -0.4 is 0 Å². The molecule has 1 aromatic rings. The topological polar surface area (TPSA) is 77.7 Å². The van der Waals surface area contributed by atoms with E-state index < -0.39 is 0 Å². The highest BCUT2D eigenvalue weighted by atomic mass is 16.6. The lowest BCUT2D eigenvalue weighted by Crippen LogP contribution is -2.24. The summed E-state index contributed by atoms with van der Waals surface area (Å²) in [5, 5.41) is 0. The molecule has 6 unspecified atom stereocenters. The fourth-order valence-electron chi connectivity index (χ4n) is 4.51. The number of carbonyl (C=O) groups excluding carboxylic acids is 2. The lowest BCUT2D eigenvalue weighted by atomic mass is 9.89. The van der Waals surface area contributed by atoms with Crippen molar-refractivity contribution in [2.24, 2.45) is 11.8 Å². The van der Waals surface area contributed by atoms with Crippen LogP contribution in [0.4, 0.5) is 0 Å². The monoisotopic (exact) mass is 386 g/mol. The number of fused-ring (bicyclic) bond motifs is 2. The third-order valence-corrected chi connectivity index (χ3v) is 6.46. The van der Waals surface area contributed by atoms with Gasteiger partial charge in [0.25, 0.3) is 0 Å². The van der Waals surface area contributed by atoms with Gasteiger partial charge in [0, 0.05) is 0 Å². The first-order valence-electron chi connectivity index (χ1n) is 10.4. The van der Waals surface area contributed by atoms with Crippen LogP contribution in [-0.4, -0.2) is 36.4 Å². The summed E-state index contributed by atoms with van der Waals surface area (Å²) in [5.41, 5.74) is 1.87. The van der Waals surface area contributed by atoms with E-state index in [0.717, 1.165) is 49.7 Å². The Labute approximate surface area is 164 Å². The Morgan fingerprint density at radius 3 is 1.54 bits per heavy atom. The second-order valence-electron chi connectivity index (χ2n) is 8.48. The summed E-state index contributed by atoms with van der Waals surface area (Å²) >= 11 is 0. The van der Waals surface area contributed by atoms with Gasteiger partial charge in [-0.1, -0.05) is 24.3 Å². The highest BCUT2D eigenvalue weighted by Gasteiger charge is 2.47. The Morgan fingerprint density at radius 1 is 0.714 bits per heavy atom. The Balaban J connectivity index is 1.05. The fraction of sp³-hybridized carbons (Fsp3) is 0.636. The molecule has 2 heterocycles. The number of esters is 2. The molecular formula is C22H26O6. The second kappa shape index (κ2) is 7.48. The van der Waals surface area contributed by atoms with Crippen LogP contribution >= 0.6 is 0 Å². The number of carbonyl (C=O) groups is 2. The Morgan fingerprint density at radius 2 is 1.14 bits per heavy atom. The van der Waals surface area contributed by atoms with E-state index in [0.29, 0.717) is 12.2 Å². The summed E-state index contributed by atoms with van der Waals surface area (Å²) in [6.07, 6.45) is 6.58. The number of epoxide rings is 2. The zero-order chi connectivity index (χ0) is 19.1. The van der Waals surface area contributed by atoms with Crippen molar-refractivity contribution >= 4 is 11.9 Å². The molecule has 5 rings (SSSR count). The van der Waals surface area contributed by atoms with Crippen molar-refractivity contribution in [1.82, 2.24) is 0 Å². The zero-order valence-corrected chi connectivity index (χ0v) is 15.9. The highest BCUT2D eigenvalue weighted by Crippen LogP contribution is 2.40. The van der Waals surface area contributed by atoms with Gasteiger partial charge in [0.1, 0.15) is 13.2 Å². The molecule has 2 aliphatic carbocycles. The van der Waals surface area contributed by atoms with Gasteiger partial charge in [-0.2, -0.15) is 0 Å². The van der Waals surface area contributed by atoms with E-state index >= 15 is 0 Å².